The molecule has 0 radical (unpaired) electrons. The summed E-state index contributed by atoms with van der Waals surface area (Å²) in [5.74, 6) is 2.29. The second-order valence-corrected chi connectivity index (χ2v) is 6.44. The lowest BCUT2D eigenvalue weighted by Gasteiger charge is -2.22. The Labute approximate surface area is 121 Å². The molecule has 20 heavy (non-hydrogen) atoms. The molecule has 1 aliphatic carbocycles. The highest BCUT2D eigenvalue weighted by molar-refractivity contribution is 5.01. The van der Waals surface area contributed by atoms with E-state index in [4.69, 9.17) is 4.52 Å². The lowest BCUT2D eigenvalue weighted by atomic mass is 10.1. The molecule has 0 unspecified atom stereocenters. The maximum Gasteiger partial charge on any atom is 0.229 e. The van der Waals surface area contributed by atoms with Crippen LogP contribution in [0.25, 0.3) is 0 Å². The van der Waals surface area contributed by atoms with Crippen LogP contribution in [0.15, 0.2) is 4.52 Å². The quantitative estimate of drug-likeness (QED) is 0.762. The smallest absolute Gasteiger partial charge is 0.229 e. The third-order valence-corrected chi connectivity index (χ3v) is 4.64. The van der Waals surface area contributed by atoms with Crippen molar-refractivity contribution in [1.82, 2.24) is 19.9 Å². The van der Waals surface area contributed by atoms with Crippen LogP contribution in [0.3, 0.4) is 0 Å². The van der Waals surface area contributed by atoms with Crippen LogP contribution in [0.2, 0.25) is 0 Å². The Morgan fingerprint density at radius 3 is 2.85 bits per heavy atom. The summed E-state index contributed by atoms with van der Waals surface area (Å²) in [6, 6.07) is 0.782. The lowest BCUT2D eigenvalue weighted by molar-refractivity contribution is 0.249. The maximum absolute atomic E-state index is 5.29. The minimum absolute atomic E-state index is 0.562. The molecule has 0 amide bonds. The summed E-state index contributed by atoms with van der Waals surface area (Å²) in [6.07, 6.45) is 7.32. The predicted octanol–water partition coefficient (Wildman–Crippen LogP) is 1.91. The maximum atomic E-state index is 5.29. The lowest BCUT2D eigenvalue weighted by Crippen LogP contribution is -2.31. The molecule has 0 bridgehead atoms. The molecule has 1 aliphatic heterocycles. The highest BCUT2D eigenvalue weighted by Gasteiger charge is 2.29. The van der Waals surface area contributed by atoms with Crippen molar-refractivity contribution < 1.29 is 4.52 Å². The number of aromatic nitrogens is 2. The van der Waals surface area contributed by atoms with Gasteiger partial charge in [0, 0.05) is 24.9 Å². The minimum Gasteiger partial charge on any atom is -0.339 e. The molecule has 2 heterocycles. The SMILES string of the molecule is CN(CCc1noc(C2CC2)n1)CC[C@H]1CCCN1C. The number of likely N-dealkylation sites (tertiary alicyclic amines) is 1. The Kier molecular flexibility index (Phi) is 4.36. The van der Waals surface area contributed by atoms with E-state index in [9.17, 15) is 0 Å². The Balaban J connectivity index is 1.36. The molecule has 5 nitrogen and oxygen atoms in total. The average molecular weight is 278 g/mol. The standard InChI is InChI=1S/C15H26N4O/c1-18(10-7-13-4-3-9-19(13)2)11-8-14-16-15(20-17-14)12-5-6-12/h12-13H,3-11H2,1-2H3/t13-/m1/s1. The minimum atomic E-state index is 0.562. The number of nitrogens with zero attached hydrogens (tertiary/aromatic N) is 4. The Hall–Kier alpha value is -0.940. The fourth-order valence-electron chi connectivity index (χ4n) is 2.98. The highest BCUT2D eigenvalue weighted by atomic mass is 16.5. The van der Waals surface area contributed by atoms with Gasteiger partial charge in [-0.25, -0.2) is 0 Å². The first kappa shape index (κ1) is 14.0. The largest absolute Gasteiger partial charge is 0.339 e. The van der Waals surface area contributed by atoms with Gasteiger partial charge in [-0.2, -0.15) is 4.98 Å². The summed E-state index contributed by atoms with van der Waals surface area (Å²) in [4.78, 5) is 9.36. The normalized spacial score (nSPS) is 23.9. The topological polar surface area (TPSA) is 45.4 Å². The first-order valence-electron chi connectivity index (χ1n) is 7.93. The number of hydrogen-bond donors (Lipinski definition) is 0. The molecule has 1 saturated heterocycles. The van der Waals surface area contributed by atoms with E-state index in [1.54, 1.807) is 0 Å². The first-order valence-corrected chi connectivity index (χ1v) is 7.93. The van der Waals surface area contributed by atoms with Gasteiger partial charge < -0.3 is 14.3 Å². The summed E-state index contributed by atoms with van der Waals surface area (Å²) in [5.41, 5.74) is 0. The molecule has 112 valence electrons. The van der Waals surface area contributed by atoms with Crippen molar-refractivity contribution in [3.05, 3.63) is 11.7 Å². The number of likely N-dealkylation sites (N-methyl/N-ethyl adjacent to an activating group) is 1. The van der Waals surface area contributed by atoms with Crippen LogP contribution >= 0.6 is 0 Å². The molecule has 2 aliphatic rings. The van der Waals surface area contributed by atoms with Gasteiger partial charge >= 0.3 is 0 Å². The third kappa shape index (κ3) is 3.58. The van der Waals surface area contributed by atoms with Gasteiger partial charge in [0.15, 0.2) is 5.82 Å². The van der Waals surface area contributed by atoms with Crippen LogP contribution in [0.1, 0.15) is 49.7 Å². The Morgan fingerprint density at radius 2 is 2.15 bits per heavy atom. The zero-order valence-electron chi connectivity index (χ0n) is 12.7. The molecule has 1 aromatic heterocycles. The van der Waals surface area contributed by atoms with Crippen LogP contribution < -0.4 is 0 Å². The van der Waals surface area contributed by atoms with Crippen molar-refractivity contribution in [3.63, 3.8) is 0 Å². The summed E-state index contributed by atoms with van der Waals surface area (Å²) < 4.78 is 5.29. The molecular weight excluding hydrogens is 252 g/mol. The van der Waals surface area contributed by atoms with Gasteiger partial charge in [-0.1, -0.05) is 5.16 Å². The van der Waals surface area contributed by atoms with Gasteiger partial charge in [0.2, 0.25) is 5.89 Å². The van der Waals surface area contributed by atoms with Gasteiger partial charge in [-0.3, -0.25) is 0 Å². The van der Waals surface area contributed by atoms with E-state index >= 15 is 0 Å². The van der Waals surface area contributed by atoms with E-state index in [0.29, 0.717) is 5.92 Å². The van der Waals surface area contributed by atoms with Crippen molar-refractivity contribution in [1.29, 1.82) is 0 Å². The first-order chi connectivity index (χ1) is 9.72. The van der Waals surface area contributed by atoms with Gasteiger partial charge in [-0.05, 0) is 59.3 Å². The second-order valence-electron chi connectivity index (χ2n) is 6.44. The van der Waals surface area contributed by atoms with E-state index in [2.05, 4.69) is 34.0 Å². The third-order valence-electron chi connectivity index (χ3n) is 4.64. The summed E-state index contributed by atoms with van der Waals surface area (Å²) in [5, 5.41) is 4.08. The van der Waals surface area contributed by atoms with Crippen LogP contribution in [-0.2, 0) is 6.42 Å². The van der Waals surface area contributed by atoms with Crippen LogP contribution in [0.4, 0.5) is 0 Å². The molecule has 3 rings (SSSR count). The average Bonchev–Trinajstić information content (AvgIpc) is 3.04. The van der Waals surface area contributed by atoms with Gasteiger partial charge in [-0.15, -0.1) is 0 Å². The van der Waals surface area contributed by atoms with Crippen molar-refractivity contribution >= 4 is 0 Å². The van der Waals surface area contributed by atoms with Crippen molar-refractivity contribution in [2.24, 2.45) is 0 Å². The molecule has 1 saturated carbocycles. The fourth-order valence-corrected chi connectivity index (χ4v) is 2.98. The molecule has 1 atom stereocenters. The van der Waals surface area contributed by atoms with E-state index in [1.165, 1.54) is 38.6 Å². The van der Waals surface area contributed by atoms with Crippen LogP contribution in [-0.4, -0.2) is 59.7 Å². The number of hydrogen-bond acceptors (Lipinski definition) is 5. The molecule has 0 spiro atoms. The monoisotopic (exact) mass is 278 g/mol. The van der Waals surface area contributed by atoms with E-state index in [-0.39, 0.29) is 0 Å². The fraction of sp³-hybridized carbons (Fsp3) is 0.867. The van der Waals surface area contributed by atoms with E-state index in [0.717, 1.165) is 37.3 Å². The predicted molar refractivity (Wildman–Crippen MR) is 77.7 cm³/mol. The van der Waals surface area contributed by atoms with E-state index < -0.39 is 0 Å². The number of rotatable bonds is 7. The summed E-state index contributed by atoms with van der Waals surface area (Å²) >= 11 is 0. The van der Waals surface area contributed by atoms with Gasteiger partial charge in [0.1, 0.15) is 0 Å². The zero-order valence-corrected chi connectivity index (χ0v) is 12.7. The molecule has 2 fully saturated rings. The highest BCUT2D eigenvalue weighted by Crippen LogP contribution is 2.38. The molecule has 1 aromatic rings. The van der Waals surface area contributed by atoms with Crippen LogP contribution in [0, 0.1) is 0 Å². The molecule has 5 heteroatoms. The zero-order chi connectivity index (χ0) is 13.9. The van der Waals surface area contributed by atoms with Gasteiger partial charge in [0.25, 0.3) is 0 Å². The van der Waals surface area contributed by atoms with Crippen molar-refractivity contribution in [3.8, 4) is 0 Å². The summed E-state index contributed by atoms with van der Waals surface area (Å²) in [6.45, 7) is 3.43. The second kappa shape index (κ2) is 6.22. The van der Waals surface area contributed by atoms with Crippen molar-refractivity contribution in [2.75, 3.05) is 33.7 Å². The van der Waals surface area contributed by atoms with Gasteiger partial charge in [0.05, 0.1) is 0 Å². The molecule has 0 aromatic carbocycles. The summed E-state index contributed by atoms with van der Waals surface area (Å²) in [7, 11) is 4.44. The molecule has 0 N–H and O–H groups in total. The Morgan fingerprint density at radius 1 is 1.30 bits per heavy atom. The molecular formula is C15H26N4O. The van der Waals surface area contributed by atoms with Crippen LogP contribution in [0.5, 0.6) is 0 Å². The Bertz CT molecular complexity index is 429. The van der Waals surface area contributed by atoms with Crippen molar-refractivity contribution in [2.45, 2.75) is 50.5 Å². The van der Waals surface area contributed by atoms with E-state index in [1.807, 2.05) is 0 Å².